The SMILES string of the molecule is CN(O)Cc1c(F)cc(O)c(Cl)c1F. The summed E-state index contributed by atoms with van der Waals surface area (Å²) in [7, 11) is 1.24. The molecule has 1 aromatic rings. The molecule has 0 saturated heterocycles. The summed E-state index contributed by atoms with van der Waals surface area (Å²) < 4.78 is 26.3. The Balaban J connectivity index is 3.22. The third-order valence-corrected chi connectivity index (χ3v) is 1.98. The zero-order valence-electron chi connectivity index (χ0n) is 7.26. The Labute approximate surface area is 84.1 Å². The molecule has 0 aliphatic rings. The lowest BCUT2D eigenvalue weighted by Crippen LogP contribution is -2.14. The summed E-state index contributed by atoms with van der Waals surface area (Å²) >= 11 is 5.35. The molecule has 1 rings (SSSR count). The van der Waals surface area contributed by atoms with Crippen LogP contribution < -0.4 is 0 Å². The summed E-state index contributed by atoms with van der Waals surface area (Å²) in [5.74, 6) is -2.68. The molecule has 0 unspecified atom stereocenters. The van der Waals surface area contributed by atoms with Gasteiger partial charge < -0.3 is 10.3 Å². The van der Waals surface area contributed by atoms with Crippen LogP contribution in [0.4, 0.5) is 8.78 Å². The molecular formula is C8H8ClF2NO2. The summed E-state index contributed by atoms with van der Waals surface area (Å²) in [4.78, 5) is 0. The minimum absolute atomic E-state index is 0.350. The van der Waals surface area contributed by atoms with E-state index < -0.39 is 28.0 Å². The fourth-order valence-electron chi connectivity index (χ4n) is 0.994. The molecule has 3 nitrogen and oxygen atoms in total. The van der Waals surface area contributed by atoms with Crippen molar-refractivity contribution in [3.63, 3.8) is 0 Å². The maximum Gasteiger partial charge on any atom is 0.153 e. The normalized spacial score (nSPS) is 11.0. The molecule has 0 bridgehead atoms. The molecule has 0 aliphatic carbocycles. The lowest BCUT2D eigenvalue weighted by molar-refractivity contribution is -0.0746. The molecular weight excluding hydrogens is 216 g/mol. The van der Waals surface area contributed by atoms with E-state index >= 15 is 0 Å². The second-order valence-corrected chi connectivity index (χ2v) is 3.18. The van der Waals surface area contributed by atoms with Gasteiger partial charge in [-0.25, -0.2) is 8.78 Å². The van der Waals surface area contributed by atoms with E-state index in [1.165, 1.54) is 7.05 Å². The topological polar surface area (TPSA) is 43.7 Å². The van der Waals surface area contributed by atoms with Gasteiger partial charge in [-0.05, 0) is 0 Å². The third kappa shape index (κ3) is 2.12. The number of hydrogen-bond donors (Lipinski definition) is 2. The van der Waals surface area contributed by atoms with Crippen LogP contribution in [0.1, 0.15) is 5.56 Å². The van der Waals surface area contributed by atoms with E-state index in [1.807, 2.05) is 0 Å². The number of rotatable bonds is 2. The number of phenols is 1. The Morgan fingerprint density at radius 3 is 2.57 bits per heavy atom. The highest BCUT2D eigenvalue weighted by molar-refractivity contribution is 6.32. The number of hydrogen-bond acceptors (Lipinski definition) is 3. The van der Waals surface area contributed by atoms with Crippen LogP contribution in [0.25, 0.3) is 0 Å². The van der Waals surface area contributed by atoms with Gasteiger partial charge in [-0.15, -0.1) is 0 Å². The van der Waals surface area contributed by atoms with Gasteiger partial charge in [0.2, 0.25) is 0 Å². The predicted octanol–water partition coefficient (Wildman–Crippen LogP) is 2.14. The van der Waals surface area contributed by atoms with Gasteiger partial charge in [-0.1, -0.05) is 11.6 Å². The first-order chi connectivity index (χ1) is 6.43. The quantitative estimate of drug-likeness (QED) is 0.596. The molecule has 78 valence electrons. The second-order valence-electron chi connectivity index (χ2n) is 2.80. The fraction of sp³-hybridized carbons (Fsp3) is 0.250. The monoisotopic (exact) mass is 223 g/mol. The lowest BCUT2D eigenvalue weighted by atomic mass is 10.2. The molecule has 2 N–H and O–H groups in total. The number of hydroxylamine groups is 2. The van der Waals surface area contributed by atoms with E-state index in [2.05, 4.69) is 0 Å². The van der Waals surface area contributed by atoms with Crippen molar-refractivity contribution >= 4 is 11.6 Å². The molecule has 6 heteroatoms. The van der Waals surface area contributed by atoms with Crippen molar-refractivity contribution in [2.24, 2.45) is 0 Å². The van der Waals surface area contributed by atoms with Crippen molar-refractivity contribution in [3.8, 4) is 5.75 Å². The molecule has 0 spiro atoms. The number of aromatic hydroxyl groups is 1. The van der Waals surface area contributed by atoms with Crippen molar-refractivity contribution in [1.82, 2.24) is 5.06 Å². The average Bonchev–Trinajstić information content (AvgIpc) is 2.09. The van der Waals surface area contributed by atoms with E-state index in [4.69, 9.17) is 21.9 Å². The highest BCUT2D eigenvalue weighted by atomic mass is 35.5. The molecule has 0 aliphatic heterocycles. The average molecular weight is 224 g/mol. The molecule has 0 saturated carbocycles. The van der Waals surface area contributed by atoms with Crippen molar-refractivity contribution < 1.29 is 19.1 Å². The molecule has 0 amide bonds. The van der Waals surface area contributed by atoms with Crippen molar-refractivity contribution in [3.05, 3.63) is 28.3 Å². The number of phenolic OH excluding ortho intramolecular Hbond substituents is 1. The standard InChI is InChI=1S/C8H8ClF2NO2/c1-12(14)3-4-5(10)2-6(13)7(9)8(4)11/h2,13-14H,3H2,1H3. The largest absolute Gasteiger partial charge is 0.506 e. The van der Waals surface area contributed by atoms with Crippen molar-refractivity contribution in [2.75, 3.05) is 7.05 Å². The summed E-state index contributed by atoms with van der Waals surface area (Å²) in [6, 6.07) is 0.699. The van der Waals surface area contributed by atoms with Gasteiger partial charge in [-0.2, -0.15) is 5.06 Å². The van der Waals surface area contributed by atoms with Crippen LogP contribution >= 0.6 is 11.6 Å². The van der Waals surface area contributed by atoms with Crippen LogP contribution in [0.2, 0.25) is 5.02 Å². The molecule has 14 heavy (non-hydrogen) atoms. The van der Waals surface area contributed by atoms with Gasteiger partial charge in [0.15, 0.2) is 5.82 Å². The smallest absolute Gasteiger partial charge is 0.153 e. The zero-order chi connectivity index (χ0) is 10.9. The fourth-order valence-corrected chi connectivity index (χ4v) is 1.16. The maximum absolute atomic E-state index is 13.2. The molecule has 0 heterocycles. The van der Waals surface area contributed by atoms with E-state index in [9.17, 15) is 8.78 Å². The first-order valence-electron chi connectivity index (χ1n) is 3.68. The highest BCUT2D eigenvalue weighted by Crippen LogP contribution is 2.30. The molecule has 1 aromatic carbocycles. The maximum atomic E-state index is 13.2. The number of halogens is 3. The van der Waals surface area contributed by atoms with E-state index in [1.54, 1.807) is 0 Å². The first kappa shape index (κ1) is 11.2. The molecule has 0 aromatic heterocycles. The van der Waals surface area contributed by atoms with Gasteiger partial charge in [0, 0.05) is 18.7 Å². The Morgan fingerprint density at radius 2 is 2.07 bits per heavy atom. The van der Waals surface area contributed by atoms with Crippen LogP contribution in [0, 0.1) is 11.6 Å². The van der Waals surface area contributed by atoms with Gasteiger partial charge in [0.1, 0.15) is 16.6 Å². The molecule has 0 fully saturated rings. The Bertz CT molecular complexity index is 358. The van der Waals surface area contributed by atoms with Crippen LogP contribution in [0.3, 0.4) is 0 Å². The van der Waals surface area contributed by atoms with Crippen molar-refractivity contribution in [1.29, 1.82) is 0 Å². The van der Waals surface area contributed by atoms with E-state index in [0.717, 1.165) is 0 Å². The van der Waals surface area contributed by atoms with E-state index in [-0.39, 0.29) is 6.54 Å². The van der Waals surface area contributed by atoms with Gasteiger partial charge in [-0.3, -0.25) is 0 Å². The minimum Gasteiger partial charge on any atom is -0.506 e. The number of nitrogens with zero attached hydrogens (tertiary/aromatic N) is 1. The van der Waals surface area contributed by atoms with Crippen LogP contribution in [-0.4, -0.2) is 22.4 Å². The highest BCUT2D eigenvalue weighted by Gasteiger charge is 2.17. The van der Waals surface area contributed by atoms with Crippen molar-refractivity contribution in [2.45, 2.75) is 6.54 Å². The molecule has 0 radical (unpaired) electrons. The summed E-state index contributed by atoms with van der Waals surface area (Å²) in [5.41, 5.74) is -0.391. The van der Waals surface area contributed by atoms with Gasteiger partial charge in [0.05, 0.1) is 6.54 Å². The summed E-state index contributed by atoms with van der Waals surface area (Å²) in [6.45, 7) is -0.350. The summed E-state index contributed by atoms with van der Waals surface area (Å²) in [6.07, 6.45) is 0. The number of benzene rings is 1. The Morgan fingerprint density at radius 1 is 1.50 bits per heavy atom. The Hall–Kier alpha value is -0.910. The lowest BCUT2D eigenvalue weighted by Gasteiger charge is -2.11. The predicted molar refractivity (Wildman–Crippen MR) is 46.3 cm³/mol. The molecule has 0 atom stereocenters. The Kier molecular flexibility index (Phi) is 3.25. The summed E-state index contributed by atoms with van der Waals surface area (Å²) in [5, 5.41) is 17.8. The zero-order valence-corrected chi connectivity index (χ0v) is 8.02. The second kappa shape index (κ2) is 4.08. The van der Waals surface area contributed by atoms with Gasteiger partial charge >= 0.3 is 0 Å². The van der Waals surface area contributed by atoms with Gasteiger partial charge in [0.25, 0.3) is 0 Å². The first-order valence-corrected chi connectivity index (χ1v) is 4.06. The van der Waals surface area contributed by atoms with Crippen LogP contribution in [0.15, 0.2) is 6.07 Å². The van der Waals surface area contributed by atoms with E-state index in [0.29, 0.717) is 11.1 Å². The van der Waals surface area contributed by atoms with Crippen LogP contribution in [-0.2, 0) is 6.54 Å². The van der Waals surface area contributed by atoms with Crippen LogP contribution in [0.5, 0.6) is 5.75 Å². The third-order valence-electron chi connectivity index (χ3n) is 1.62. The minimum atomic E-state index is -1.06.